The van der Waals surface area contributed by atoms with Crippen LogP contribution in [0, 0.1) is 13.8 Å². The van der Waals surface area contributed by atoms with E-state index in [0.717, 1.165) is 47.6 Å². The second kappa shape index (κ2) is 7.51. The first kappa shape index (κ1) is 20.5. The molecule has 0 saturated carbocycles. The Labute approximate surface area is 178 Å². The van der Waals surface area contributed by atoms with E-state index in [1.54, 1.807) is 6.33 Å². The third-order valence-corrected chi connectivity index (χ3v) is 5.94. The summed E-state index contributed by atoms with van der Waals surface area (Å²) in [6, 6.07) is 8.58. The van der Waals surface area contributed by atoms with E-state index in [-0.39, 0.29) is 5.41 Å². The van der Waals surface area contributed by atoms with Gasteiger partial charge in [0, 0.05) is 17.8 Å². The van der Waals surface area contributed by atoms with Gasteiger partial charge in [-0.2, -0.15) is 0 Å². The number of fused-ring (bicyclic) bond motifs is 3. The van der Waals surface area contributed by atoms with E-state index in [0.29, 0.717) is 0 Å². The van der Waals surface area contributed by atoms with Crippen molar-refractivity contribution < 1.29 is 0 Å². The zero-order valence-electron chi connectivity index (χ0n) is 19.2. The predicted octanol–water partition coefficient (Wildman–Crippen LogP) is 4.61. The summed E-state index contributed by atoms with van der Waals surface area (Å²) >= 11 is 0. The molecule has 3 heterocycles. The van der Waals surface area contributed by atoms with Gasteiger partial charge in [0.25, 0.3) is 0 Å². The minimum Gasteiger partial charge on any atom is -0.329 e. The molecule has 6 nitrogen and oxygen atoms in total. The highest BCUT2D eigenvalue weighted by Crippen LogP contribution is 2.29. The number of rotatable bonds is 5. The number of nitrogens with zero attached hydrogens (tertiary/aromatic N) is 6. The molecule has 0 fully saturated rings. The van der Waals surface area contributed by atoms with E-state index in [2.05, 4.69) is 82.4 Å². The first-order valence-corrected chi connectivity index (χ1v) is 10.6. The van der Waals surface area contributed by atoms with Crippen molar-refractivity contribution in [3.63, 3.8) is 0 Å². The van der Waals surface area contributed by atoms with Gasteiger partial charge in [-0.25, -0.2) is 14.5 Å². The number of hydrogen-bond donors (Lipinski definition) is 0. The molecule has 0 aliphatic carbocycles. The highest BCUT2D eigenvalue weighted by Gasteiger charge is 2.19. The summed E-state index contributed by atoms with van der Waals surface area (Å²) in [5, 5.41) is 5.82. The van der Waals surface area contributed by atoms with Gasteiger partial charge in [0.15, 0.2) is 11.5 Å². The fraction of sp³-hybridized carbons (Fsp3) is 0.458. The third-order valence-electron chi connectivity index (χ3n) is 5.94. The minimum atomic E-state index is 0.130. The average Bonchev–Trinajstić information content (AvgIpc) is 3.22. The second-order valence-electron chi connectivity index (χ2n) is 9.49. The first-order chi connectivity index (χ1) is 14.2. The Morgan fingerprint density at radius 1 is 1.00 bits per heavy atom. The minimum absolute atomic E-state index is 0.130. The van der Waals surface area contributed by atoms with Crippen LogP contribution in [0.2, 0.25) is 0 Å². The Morgan fingerprint density at radius 2 is 1.70 bits per heavy atom. The van der Waals surface area contributed by atoms with Gasteiger partial charge >= 0.3 is 0 Å². The Morgan fingerprint density at radius 3 is 2.33 bits per heavy atom. The molecule has 4 rings (SSSR count). The second-order valence-corrected chi connectivity index (χ2v) is 9.49. The highest BCUT2D eigenvalue weighted by atomic mass is 15.3. The highest BCUT2D eigenvalue weighted by molar-refractivity contribution is 5.94. The largest absolute Gasteiger partial charge is 0.329 e. The molecular weight excluding hydrogens is 372 g/mol. The van der Waals surface area contributed by atoms with Crippen LogP contribution in [0.1, 0.15) is 44.0 Å². The summed E-state index contributed by atoms with van der Waals surface area (Å²) in [5.41, 5.74) is 6.82. The van der Waals surface area contributed by atoms with Gasteiger partial charge < -0.3 is 9.47 Å². The van der Waals surface area contributed by atoms with Crippen molar-refractivity contribution in [3.05, 3.63) is 47.4 Å². The zero-order valence-corrected chi connectivity index (χ0v) is 19.2. The number of hydrogen-bond acceptors (Lipinski definition) is 4. The van der Waals surface area contributed by atoms with Crippen LogP contribution in [-0.4, -0.2) is 49.7 Å². The van der Waals surface area contributed by atoms with Gasteiger partial charge in [0.1, 0.15) is 12.0 Å². The maximum Gasteiger partial charge on any atom is 0.182 e. The summed E-state index contributed by atoms with van der Waals surface area (Å²) in [5.74, 6) is 0.738. The Kier molecular flexibility index (Phi) is 5.14. The van der Waals surface area contributed by atoms with Crippen LogP contribution >= 0.6 is 0 Å². The van der Waals surface area contributed by atoms with Gasteiger partial charge in [-0.05, 0) is 57.5 Å². The van der Waals surface area contributed by atoms with Gasteiger partial charge in [0.05, 0.1) is 5.39 Å². The van der Waals surface area contributed by atoms with Crippen LogP contribution in [-0.2, 0) is 12.0 Å². The van der Waals surface area contributed by atoms with Crippen LogP contribution in [0.25, 0.3) is 28.1 Å². The van der Waals surface area contributed by atoms with E-state index < -0.39 is 0 Å². The lowest BCUT2D eigenvalue weighted by atomic mass is 9.87. The van der Waals surface area contributed by atoms with E-state index in [4.69, 9.17) is 15.1 Å². The summed E-state index contributed by atoms with van der Waals surface area (Å²) in [6.07, 6.45) is 2.88. The van der Waals surface area contributed by atoms with Crippen molar-refractivity contribution >= 4 is 16.7 Å². The molecule has 30 heavy (non-hydrogen) atoms. The van der Waals surface area contributed by atoms with Crippen molar-refractivity contribution in [2.45, 2.75) is 53.0 Å². The SMILES string of the molecule is Cc1c(C)n(CCCN(C)C)c2ncn3nc(-c4ccc(C(C)(C)C)cc4)nc3c12. The monoisotopic (exact) mass is 404 g/mol. The maximum absolute atomic E-state index is 4.92. The average molecular weight is 405 g/mol. The molecule has 0 radical (unpaired) electrons. The lowest BCUT2D eigenvalue weighted by molar-refractivity contribution is 0.387. The molecule has 6 heteroatoms. The summed E-state index contributed by atoms with van der Waals surface area (Å²) in [7, 11) is 4.22. The molecule has 0 bridgehead atoms. The molecule has 3 aromatic heterocycles. The molecule has 0 aliphatic heterocycles. The maximum atomic E-state index is 4.92. The Balaban J connectivity index is 1.77. The standard InChI is InChI=1S/C24H32N6/c1-16-17(2)29(14-8-13-28(6)7)22-20(16)23-26-21(27-30(23)15-25-22)18-9-11-19(12-10-18)24(3,4)5/h9-12,15H,8,13-14H2,1-7H3. The quantitative estimate of drug-likeness (QED) is 0.487. The summed E-state index contributed by atoms with van der Waals surface area (Å²) in [6.45, 7) is 13.0. The zero-order chi connectivity index (χ0) is 21.6. The molecule has 0 saturated heterocycles. The normalized spacial score (nSPS) is 12.5. The van der Waals surface area contributed by atoms with E-state index >= 15 is 0 Å². The van der Waals surface area contributed by atoms with E-state index in [9.17, 15) is 0 Å². The molecule has 0 atom stereocenters. The predicted molar refractivity (Wildman–Crippen MR) is 123 cm³/mol. The van der Waals surface area contributed by atoms with Crippen molar-refractivity contribution in [3.8, 4) is 11.4 Å². The van der Waals surface area contributed by atoms with Gasteiger partial charge in [-0.3, -0.25) is 0 Å². The van der Waals surface area contributed by atoms with Gasteiger partial charge in [-0.15, -0.1) is 5.10 Å². The number of benzene rings is 1. The molecule has 158 valence electrons. The van der Waals surface area contributed by atoms with Gasteiger partial charge in [-0.1, -0.05) is 45.0 Å². The fourth-order valence-corrected chi connectivity index (χ4v) is 3.99. The summed E-state index contributed by atoms with van der Waals surface area (Å²) < 4.78 is 4.13. The van der Waals surface area contributed by atoms with Crippen molar-refractivity contribution in [1.29, 1.82) is 0 Å². The lowest BCUT2D eigenvalue weighted by Crippen LogP contribution is -2.15. The fourth-order valence-electron chi connectivity index (χ4n) is 3.99. The Bertz CT molecular complexity index is 1190. The molecule has 0 amide bonds. The molecule has 0 N–H and O–H groups in total. The van der Waals surface area contributed by atoms with Gasteiger partial charge in [0.2, 0.25) is 0 Å². The topological polar surface area (TPSA) is 51.2 Å². The lowest BCUT2D eigenvalue weighted by Gasteiger charge is -2.18. The Hall–Kier alpha value is -2.73. The summed E-state index contributed by atoms with van der Waals surface area (Å²) in [4.78, 5) is 11.9. The first-order valence-electron chi connectivity index (χ1n) is 10.6. The molecule has 1 aromatic carbocycles. The molecule has 0 spiro atoms. The number of aryl methyl sites for hydroxylation is 2. The molecule has 0 aliphatic rings. The molecule has 0 unspecified atom stereocenters. The third kappa shape index (κ3) is 3.60. The van der Waals surface area contributed by atoms with Crippen LogP contribution in [0.5, 0.6) is 0 Å². The molecular formula is C24H32N6. The van der Waals surface area contributed by atoms with Crippen LogP contribution in [0.15, 0.2) is 30.6 Å². The molecule has 4 aromatic rings. The van der Waals surface area contributed by atoms with E-state index in [1.807, 2.05) is 4.52 Å². The van der Waals surface area contributed by atoms with Crippen molar-refractivity contribution in [2.75, 3.05) is 20.6 Å². The van der Waals surface area contributed by atoms with Crippen molar-refractivity contribution in [1.82, 2.24) is 29.0 Å². The van der Waals surface area contributed by atoms with Crippen LogP contribution in [0.4, 0.5) is 0 Å². The van der Waals surface area contributed by atoms with Crippen molar-refractivity contribution in [2.24, 2.45) is 0 Å². The van der Waals surface area contributed by atoms with Crippen LogP contribution in [0.3, 0.4) is 0 Å². The smallest absolute Gasteiger partial charge is 0.182 e. The van der Waals surface area contributed by atoms with E-state index in [1.165, 1.54) is 16.8 Å². The number of aromatic nitrogens is 5. The van der Waals surface area contributed by atoms with Crippen LogP contribution < -0.4 is 0 Å².